The topological polar surface area (TPSA) is 95.0 Å². The molecule has 3 aromatic rings. The Morgan fingerprint density at radius 1 is 1.27 bits per heavy atom. The third-order valence-electron chi connectivity index (χ3n) is 4.70. The Balaban J connectivity index is 1.62. The van der Waals surface area contributed by atoms with E-state index >= 15 is 0 Å². The highest BCUT2D eigenvalue weighted by molar-refractivity contribution is 8.18. The number of amidine groups is 1. The van der Waals surface area contributed by atoms with Crippen molar-refractivity contribution in [2.24, 2.45) is 4.99 Å². The van der Waals surface area contributed by atoms with E-state index < -0.39 is 5.97 Å². The third-order valence-corrected chi connectivity index (χ3v) is 5.71. The second kappa shape index (κ2) is 8.46. The van der Waals surface area contributed by atoms with Crippen LogP contribution in [0.5, 0.6) is 5.75 Å². The van der Waals surface area contributed by atoms with Crippen LogP contribution >= 0.6 is 11.8 Å². The number of methoxy groups -OCH3 is 1. The minimum Gasteiger partial charge on any atom is -0.497 e. The number of carboxylic acid groups (broad SMARTS) is 1. The van der Waals surface area contributed by atoms with Gasteiger partial charge in [-0.2, -0.15) is 0 Å². The van der Waals surface area contributed by atoms with Crippen LogP contribution in [-0.4, -0.2) is 45.7 Å². The summed E-state index contributed by atoms with van der Waals surface area (Å²) in [5.74, 6) is -0.751. The summed E-state index contributed by atoms with van der Waals surface area (Å²) in [6.45, 7) is 0.374. The molecule has 0 saturated carbocycles. The van der Waals surface area contributed by atoms with Crippen molar-refractivity contribution >= 4 is 45.4 Å². The number of aliphatic imine (C=N–C) groups is 1. The van der Waals surface area contributed by atoms with E-state index in [1.165, 1.54) is 4.90 Å². The zero-order valence-corrected chi connectivity index (χ0v) is 17.0. The Kier molecular flexibility index (Phi) is 5.58. The predicted molar refractivity (Wildman–Crippen MR) is 117 cm³/mol. The van der Waals surface area contributed by atoms with Gasteiger partial charge in [-0.25, -0.2) is 9.79 Å². The standard InChI is InChI=1S/C22H19N3O4S/c1-29-16-7-8-18-17(11-16)14(13-23-18)9-10-25-21(28)19(12-20(26)27)30-22(25)24-15-5-3-2-4-6-15/h2-8,11-13,23H,9-10H2,1H3,(H,26,27)/b19-12+,24-22?. The van der Waals surface area contributed by atoms with Gasteiger partial charge in [-0.05, 0) is 54.1 Å². The first kappa shape index (κ1) is 19.8. The van der Waals surface area contributed by atoms with E-state index in [-0.39, 0.29) is 10.8 Å². The molecule has 2 N–H and O–H groups in total. The summed E-state index contributed by atoms with van der Waals surface area (Å²) in [6.07, 6.45) is 3.43. The van der Waals surface area contributed by atoms with Gasteiger partial charge < -0.3 is 14.8 Å². The number of ether oxygens (including phenoxy) is 1. The summed E-state index contributed by atoms with van der Waals surface area (Å²) in [5.41, 5.74) is 2.72. The number of thioether (sulfide) groups is 1. The van der Waals surface area contributed by atoms with Gasteiger partial charge in [0.1, 0.15) is 5.75 Å². The predicted octanol–water partition coefficient (Wildman–Crippen LogP) is 3.95. The zero-order chi connectivity index (χ0) is 21.1. The summed E-state index contributed by atoms with van der Waals surface area (Å²) in [7, 11) is 1.62. The number of aromatic nitrogens is 1. The summed E-state index contributed by atoms with van der Waals surface area (Å²) in [6, 6.07) is 15.1. The number of carboxylic acids is 1. The van der Waals surface area contributed by atoms with Crippen molar-refractivity contribution in [1.29, 1.82) is 0 Å². The van der Waals surface area contributed by atoms with Crippen LogP contribution in [0.15, 0.2) is 70.7 Å². The van der Waals surface area contributed by atoms with Crippen LogP contribution in [0, 0.1) is 0 Å². The van der Waals surface area contributed by atoms with Gasteiger partial charge in [0, 0.05) is 29.7 Å². The van der Waals surface area contributed by atoms with Gasteiger partial charge in [0.15, 0.2) is 5.17 Å². The molecule has 4 rings (SSSR count). The molecular weight excluding hydrogens is 402 g/mol. The Morgan fingerprint density at radius 2 is 2.07 bits per heavy atom. The van der Waals surface area contributed by atoms with Crippen molar-refractivity contribution in [2.75, 3.05) is 13.7 Å². The Bertz CT molecular complexity index is 1170. The van der Waals surface area contributed by atoms with Gasteiger partial charge in [-0.1, -0.05) is 18.2 Å². The fourth-order valence-electron chi connectivity index (χ4n) is 3.24. The number of carbonyl (C=O) groups is 2. The molecule has 30 heavy (non-hydrogen) atoms. The molecule has 1 amide bonds. The van der Waals surface area contributed by atoms with Gasteiger partial charge in [0.2, 0.25) is 0 Å². The largest absolute Gasteiger partial charge is 0.497 e. The molecule has 0 atom stereocenters. The molecule has 1 saturated heterocycles. The quantitative estimate of drug-likeness (QED) is 0.588. The maximum absolute atomic E-state index is 12.8. The summed E-state index contributed by atoms with van der Waals surface area (Å²) >= 11 is 1.08. The number of para-hydroxylation sites is 1. The van der Waals surface area contributed by atoms with Crippen LogP contribution in [-0.2, 0) is 16.0 Å². The van der Waals surface area contributed by atoms with Crippen LogP contribution in [0.3, 0.4) is 0 Å². The monoisotopic (exact) mass is 421 g/mol. The number of aliphatic carboxylic acids is 1. The molecule has 7 nitrogen and oxygen atoms in total. The minimum atomic E-state index is -1.16. The molecule has 2 heterocycles. The number of benzene rings is 2. The lowest BCUT2D eigenvalue weighted by atomic mass is 10.1. The maximum Gasteiger partial charge on any atom is 0.329 e. The minimum absolute atomic E-state index is 0.151. The molecule has 0 bridgehead atoms. The first-order valence-electron chi connectivity index (χ1n) is 9.27. The van der Waals surface area contributed by atoms with Gasteiger partial charge in [-0.15, -0.1) is 0 Å². The second-order valence-electron chi connectivity index (χ2n) is 6.61. The number of nitrogens with one attached hydrogen (secondary N) is 1. The Hall–Kier alpha value is -3.52. The van der Waals surface area contributed by atoms with Crippen molar-refractivity contribution in [3.63, 3.8) is 0 Å². The number of rotatable bonds is 6. The Labute approximate surface area is 177 Å². The van der Waals surface area contributed by atoms with Crippen LogP contribution < -0.4 is 4.74 Å². The molecule has 0 aliphatic carbocycles. The first-order valence-corrected chi connectivity index (χ1v) is 10.1. The average Bonchev–Trinajstić information content (AvgIpc) is 3.27. The van der Waals surface area contributed by atoms with Crippen LogP contribution in [0.4, 0.5) is 5.69 Å². The van der Waals surface area contributed by atoms with Crippen molar-refractivity contribution in [3.05, 3.63) is 71.3 Å². The normalized spacial score (nSPS) is 16.7. The lowest BCUT2D eigenvalue weighted by Crippen LogP contribution is -2.31. The fourth-order valence-corrected chi connectivity index (χ4v) is 4.23. The number of aromatic amines is 1. The molecule has 1 aromatic heterocycles. The third kappa shape index (κ3) is 4.08. The van der Waals surface area contributed by atoms with Crippen molar-refractivity contribution < 1.29 is 19.4 Å². The highest BCUT2D eigenvalue weighted by Crippen LogP contribution is 2.33. The first-order chi connectivity index (χ1) is 14.5. The van der Waals surface area contributed by atoms with Crippen molar-refractivity contribution in [1.82, 2.24) is 9.88 Å². The second-order valence-corrected chi connectivity index (χ2v) is 7.62. The number of carbonyl (C=O) groups excluding carboxylic acids is 1. The molecule has 1 aliphatic heterocycles. The summed E-state index contributed by atoms with van der Waals surface area (Å²) in [5, 5.41) is 10.6. The van der Waals surface area contributed by atoms with Gasteiger partial charge >= 0.3 is 5.97 Å². The number of nitrogens with zero attached hydrogens (tertiary/aromatic N) is 2. The molecule has 8 heteroatoms. The summed E-state index contributed by atoms with van der Waals surface area (Å²) < 4.78 is 5.31. The van der Waals surface area contributed by atoms with Crippen LogP contribution in [0.25, 0.3) is 10.9 Å². The van der Waals surface area contributed by atoms with E-state index in [2.05, 4.69) is 9.98 Å². The average molecular weight is 421 g/mol. The van der Waals surface area contributed by atoms with Crippen molar-refractivity contribution in [2.45, 2.75) is 6.42 Å². The Morgan fingerprint density at radius 3 is 2.80 bits per heavy atom. The van der Waals surface area contributed by atoms with Crippen molar-refractivity contribution in [3.8, 4) is 5.75 Å². The lowest BCUT2D eigenvalue weighted by molar-refractivity contribution is -0.132. The molecule has 1 aliphatic rings. The molecule has 1 fully saturated rings. The van der Waals surface area contributed by atoms with E-state index in [1.54, 1.807) is 7.11 Å². The number of hydrogen-bond acceptors (Lipinski definition) is 5. The molecule has 152 valence electrons. The smallest absolute Gasteiger partial charge is 0.329 e. The van der Waals surface area contributed by atoms with E-state index in [4.69, 9.17) is 9.84 Å². The van der Waals surface area contributed by atoms with Gasteiger partial charge in [-0.3, -0.25) is 9.69 Å². The molecular formula is C22H19N3O4S. The van der Waals surface area contributed by atoms with E-state index in [0.717, 1.165) is 40.1 Å². The molecule has 2 aromatic carbocycles. The molecule has 0 spiro atoms. The SMILES string of the molecule is COc1ccc2[nH]cc(CCN3C(=O)/C(=C\C(=O)O)SC3=Nc3ccccc3)c2c1. The maximum atomic E-state index is 12.8. The van der Waals surface area contributed by atoms with E-state index in [0.29, 0.717) is 23.8 Å². The zero-order valence-electron chi connectivity index (χ0n) is 16.2. The van der Waals surface area contributed by atoms with E-state index in [1.807, 2.05) is 54.7 Å². The van der Waals surface area contributed by atoms with E-state index in [9.17, 15) is 9.59 Å². The highest BCUT2D eigenvalue weighted by atomic mass is 32.2. The van der Waals surface area contributed by atoms with Gasteiger partial charge in [0.25, 0.3) is 5.91 Å². The molecule has 0 unspecified atom stereocenters. The number of amides is 1. The number of hydrogen-bond donors (Lipinski definition) is 2. The number of fused-ring (bicyclic) bond motifs is 1. The highest BCUT2D eigenvalue weighted by Gasteiger charge is 2.33. The lowest BCUT2D eigenvalue weighted by Gasteiger charge is -2.15. The van der Waals surface area contributed by atoms with Gasteiger partial charge in [0.05, 0.1) is 17.7 Å². The molecule has 0 radical (unpaired) electrons. The van der Waals surface area contributed by atoms with Crippen LogP contribution in [0.2, 0.25) is 0 Å². The van der Waals surface area contributed by atoms with Crippen LogP contribution in [0.1, 0.15) is 5.56 Å². The number of H-pyrrole nitrogens is 1. The fraction of sp³-hybridized carbons (Fsp3) is 0.136. The summed E-state index contributed by atoms with van der Waals surface area (Å²) in [4.78, 5) is 33.4.